The number of nitrogens with zero attached hydrogens (tertiary/aromatic N) is 1. The number of ether oxygens (including phenoxy) is 1. The maximum atomic E-state index is 12.5. The van der Waals surface area contributed by atoms with E-state index in [1.54, 1.807) is 36.4 Å². The van der Waals surface area contributed by atoms with E-state index in [0.29, 0.717) is 28.5 Å². The number of amides is 1. The van der Waals surface area contributed by atoms with E-state index >= 15 is 0 Å². The van der Waals surface area contributed by atoms with Crippen LogP contribution in [-0.4, -0.2) is 17.0 Å². The molecule has 5 nitrogen and oxygen atoms in total. The minimum atomic E-state index is -0.172. The van der Waals surface area contributed by atoms with E-state index in [1.165, 1.54) is 0 Å². The van der Waals surface area contributed by atoms with Crippen molar-refractivity contribution in [2.45, 2.75) is 26.4 Å². The lowest BCUT2D eigenvalue weighted by Gasteiger charge is -2.10. The van der Waals surface area contributed by atoms with Crippen LogP contribution in [0.4, 0.5) is 5.69 Å². The van der Waals surface area contributed by atoms with Crippen LogP contribution in [0.3, 0.4) is 0 Å². The molecule has 6 heteroatoms. The van der Waals surface area contributed by atoms with Gasteiger partial charge in [-0.05, 0) is 74.0 Å². The summed E-state index contributed by atoms with van der Waals surface area (Å²) in [6, 6.07) is 20.1. The Morgan fingerprint density at radius 1 is 1.07 bits per heavy atom. The molecule has 0 radical (unpaired) electrons. The predicted octanol–water partition coefficient (Wildman–Crippen LogP) is 6.11. The van der Waals surface area contributed by atoms with Gasteiger partial charge in [0, 0.05) is 22.7 Å². The van der Waals surface area contributed by atoms with Gasteiger partial charge in [-0.3, -0.25) is 4.79 Å². The number of oxazole rings is 1. The number of hydrogen-bond acceptors (Lipinski definition) is 4. The lowest BCUT2D eigenvalue weighted by molar-refractivity contribution is 0.102. The average molecular weight is 421 g/mol. The van der Waals surface area contributed by atoms with Crippen LogP contribution >= 0.6 is 11.6 Å². The summed E-state index contributed by atoms with van der Waals surface area (Å²) in [6.45, 7) is 3.92. The van der Waals surface area contributed by atoms with E-state index in [2.05, 4.69) is 10.3 Å². The van der Waals surface area contributed by atoms with Crippen LogP contribution in [0.25, 0.3) is 11.1 Å². The third kappa shape index (κ3) is 4.81. The first-order valence-corrected chi connectivity index (χ1v) is 10.1. The molecule has 0 aliphatic rings. The van der Waals surface area contributed by atoms with Gasteiger partial charge < -0.3 is 14.5 Å². The van der Waals surface area contributed by atoms with Crippen LogP contribution < -0.4 is 10.1 Å². The first-order valence-electron chi connectivity index (χ1n) is 9.68. The quantitative estimate of drug-likeness (QED) is 0.408. The maximum Gasteiger partial charge on any atom is 0.255 e. The lowest BCUT2D eigenvalue weighted by atomic mass is 10.1. The molecule has 3 aromatic carbocycles. The van der Waals surface area contributed by atoms with E-state index in [0.717, 1.165) is 22.5 Å². The molecule has 0 atom stereocenters. The number of carbonyl (C=O) groups excluding carboxylic acids is 1. The fourth-order valence-electron chi connectivity index (χ4n) is 3.06. The molecule has 0 saturated heterocycles. The molecule has 1 heterocycles. The molecule has 0 aliphatic carbocycles. The second kappa shape index (κ2) is 8.59. The number of aromatic nitrogens is 1. The number of halogens is 1. The molecule has 1 N–H and O–H groups in total. The normalized spacial score (nSPS) is 11.1. The summed E-state index contributed by atoms with van der Waals surface area (Å²) < 4.78 is 11.4. The minimum Gasteiger partial charge on any atom is -0.491 e. The summed E-state index contributed by atoms with van der Waals surface area (Å²) in [5.41, 5.74) is 3.77. The summed E-state index contributed by atoms with van der Waals surface area (Å²) >= 11 is 6.00. The van der Waals surface area contributed by atoms with Gasteiger partial charge in [0.1, 0.15) is 11.3 Å². The number of hydrogen-bond donors (Lipinski definition) is 1. The number of fused-ring (bicyclic) bond motifs is 1. The molecule has 30 heavy (non-hydrogen) atoms. The second-order valence-corrected chi connectivity index (χ2v) is 7.67. The third-order valence-electron chi connectivity index (χ3n) is 4.45. The van der Waals surface area contributed by atoms with Crippen molar-refractivity contribution in [3.05, 3.63) is 88.8 Å². The SMILES string of the molecule is CC(C)Oc1ccc(C(=O)Nc2ccc(Cc3nc4cc(Cl)ccc4o3)cc2)cc1. The summed E-state index contributed by atoms with van der Waals surface area (Å²) in [7, 11) is 0. The van der Waals surface area contributed by atoms with Gasteiger partial charge in [0.25, 0.3) is 5.91 Å². The molecule has 0 fully saturated rings. The zero-order chi connectivity index (χ0) is 21.1. The first-order chi connectivity index (χ1) is 14.5. The number of nitrogens with one attached hydrogen (secondary N) is 1. The van der Waals surface area contributed by atoms with Gasteiger partial charge in [0.05, 0.1) is 6.10 Å². The molecule has 4 rings (SSSR count). The van der Waals surface area contributed by atoms with Crippen LogP contribution in [0.15, 0.2) is 71.1 Å². The zero-order valence-corrected chi connectivity index (χ0v) is 17.4. The highest BCUT2D eigenvalue weighted by molar-refractivity contribution is 6.31. The fraction of sp³-hybridized carbons (Fsp3) is 0.167. The standard InChI is InChI=1S/C24H21ClN2O3/c1-15(2)29-20-10-5-17(6-11-20)24(28)26-19-8-3-16(4-9-19)13-23-27-21-14-18(25)7-12-22(21)30-23/h3-12,14-15H,13H2,1-2H3,(H,26,28). The number of benzene rings is 3. The predicted molar refractivity (Wildman–Crippen MR) is 118 cm³/mol. The second-order valence-electron chi connectivity index (χ2n) is 7.24. The van der Waals surface area contributed by atoms with E-state index < -0.39 is 0 Å². The van der Waals surface area contributed by atoms with E-state index in [9.17, 15) is 4.79 Å². The molecule has 0 unspecified atom stereocenters. The molecule has 152 valence electrons. The highest BCUT2D eigenvalue weighted by Crippen LogP contribution is 2.22. The third-order valence-corrected chi connectivity index (χ3v) is 4.68. The summed E-state index contributed by atoms with van der Waals surface area (Å²) in [6.07, 6.45) is 0.647. The van der Waals surface area contributed by atoms with Crippen molar-refractivity contribution in [2.24, 2.45) is 0 Å². The van der Waals surface area contributed by atoms with Crippen LogP contribution in [0.5, 0.6) is 5.75 Å². The van der Waals surface area contributed by atoms with Crippen molar-refractivity contribution in [2.75, 3.05) is 5.32 Å². The lowest BCUT2D eigenvalue weighted by Crippen LogP contribution is -2.12. The Morgan fingerprint density at radius 2 is 1.80 bits per heavy atom. The van der Waals surface area contributed by atoms with Crippen LogP contribution in [-0.2, 0) is 6.42 Å². The van der Waals surface area contributed by atoms with Crippen molar-refractivity contribution < 1.29 is 13.9 Å². The molecule has 1 aromatic heterocycles. The van der Waals surface area contributed by atoms with Gasteiger partial charge in [0.15, 0.2) is 11.5 Å². The van der Waals surface area contributed by atoms with E-state index in [-0.39, 0.29) is 12.0 Å². The highest BCUT2D eigenvalue weighted by atomic mass is 35.5. The van der Waals surface area contributed by atoms with Crippen LogP contribution in [0.1, 0.15) is 35.7 Å². The van der Waals surface area contributed by atoms with Crippen molar-refractivity contribution in [1.82, 2.24) is 4.98 Å². The van der Waals surface area contributed by atoms with Gasteiger partial charge in [-0.2, -0.15) is 0 Å². The molecule has 0 bridgehead atoms. The Balaban J connectivity index is 1.39. The fourth-order valence-corrected chi connectivity index (χ4v) is 3.23. The smallest absolute Gasteiger partial charge is 0.255 e. The Morgan fingerprint density at radius 3 is 2.50 bits per heavy atom. The van der Waals surface area contributed by atoms with Gasteiger partial charge in [-0.1, -0.05) is 23.7 Å². The van der Waals surface area contributed by atoms with Crippen molar-refractivity contribution in [3.63, 3.8) is 0 Å². The van der Waals surface area contributed by atoms with Crippen molar-refractivity contribution in [3.8, 4) is 5.75 Å². The molecule has 0 aliphatic heterocycles. The minimum absolute atomic E-state index is 0.0933. The van der Waals surface area contributed by atoms with Gasteiger partial charge in [0.2, 0.25) is 0 Å². The highest BCUT2D eigenvalue weighted by Gasteiger charge is 2.09. The molecule has 0 spiro atoms. The number of carbonyl (C=O) groups is 1. The maximum absolute atomic E-state index is 12.5. The van der Waals surface area contributed by atoms with Crippen molar-refractivity contribution >= 4 is 34.3 Å². The Hall–Kier alpha value is -3.31. The zero-order valence-electron chi connectivity index (χ0n) is 16.7. The monoisotopic (exact) mass is 420 g/mol. The summed E-state index contributed by atoms with van der Waals surface area (Å²) in [4.78, 5) is 16.9. The molecular weight excluding hydrogens is 400 g/mol. The first kappa shape index (κ1) is 20.0. The molecular formula is C24H21ClN2O3. The van der Waals surface area contributed by atoms with E-state index in [1.807, 2.05) is 44.2 Å². The van der Waals surface area contributed by atoms with Gasteiger partial charge >= 0.3 is 0 Å². The van der Waals surface area contributed by atoms with Crippen LogP contribution in [0.2, 0.25) is 5.02 Å². The average Bonchev–Trinajstić information content (AvgIpc) is 3.11. The Labute approximate surface area is 179 Å². The van der Waals surface area contributed by atoms with Crippen molar-refractivity contribution in [1.29, 1.82) is 0 Å². The molecule has 0 saturated carbocycles. The van der Waals surface area contributed by atoms with Gasteiger partial charge in [-0.15, -0.1) is 0 Å². The number of rotatable bonds is 6. The molecule has 4 aromatic rings. The topological polar surface area (TPSA) is 64.4 Å². The Kier molecular flexibility index (Phi) is 5.72. The summed E-state index contributed by atoms with van der Waals surface area (Å²) in [5, 5.41) is 3.53. The van der Waals surface area contributed by atoms with Crippen LogP contribution in [0, 0.1) is 0 Å². The largest absolute Gasteiger partial charge is 0.491 e. The van der Waals surface area contributed by atoms with E-state index in [4.69, 9.17) is 20.8 Å². The molecule has 1 amide bonds. The summed E-state index contributed by atoms with van der Waals surface area (Å²) in [5.74, 6) is 1.19. The Bertz CT molecular complexity index is 1170. The number of anilines is 1. The van der Waals surface area contributed by atoms with Gasteiger partial charge in [-0.25, -0.2) is 4.98 Å².